The molecule has 0 rings (SSSR count). The summed E-state index contributed by atoms with van der Waals surface area (Å²) < 4.78 is 0. The fraction of sp³-hybridized carbons (Fsp3) is 0.923. The number of hydrogen-bond acceptors (Lipinski definition) is 2. The van der Waals surface area contributed by atoms with Gasteiger partial charge in [0.25, 0.3) is 0 Å². The second-order valence-corrected chi connectivity index (χ2v) is 5.57. The van der Waals surface area contributed by atoms with Crippen molar-refractivity contribution in [2.24, 2.45) is 0 Å². The molecule has 0 bridgehead atoms. The molecule has 0 aromatic carbocycles. The largest absolute Gasteiger partial charge is 0.343 e. The Morgan fingerprint density at radius 2 is 1.94 bits per heavy atom. The van der Waals surface area contributed by atoms with Gasteiger partial charge in [-0.15, -0.1) is 0 Å². The predicted molar refractivity (Wildman–Crippen MR) is 69.5 cm³/mol. The van der Waals surface area contributed by atoms with Gasteiger partial charge in [0, 0.05) is 31.6 Å². The first kappa shape index (κ1) is 15.4. The van der Waals surface area contributed by atoms with Crippen molar-refractivity contribution >= 4 is 5.91 Å². The Kier molecular flexibility index (Phi) is 6.65. The van der Waals surface area contributed by atoms with Gasteiger partial charge in [-0.2, -0.15) is 0 Å². The Balaban J connectivity index is 3.88. The first-order valence-electron chi connectivity index (χ1n) is 6.28. The van der Waals surface area contributed by atoms with Crippen LogP contribution in [0.1, 0.15) is 53.9 Å². The maximum absolute atomic E-state index is 11.8. The third kappa shape index (κ3) is 6.83. The normalized spacial score (nSPS) is 13.6. The number of carbonyl (C=O) groups excluding carboxylic acids is 1. The third-order valence-electron chi connectivity index (χ3n) is 2.76. The molecule has 0 saturated heterocycles. The Labute approximate surface area is 101 Å². The zero-order valence-corrected chi connectivity index (χ0v) is 11.8. The molecule has 3 nitrogen and oxygen atoms in total. The van der Waals surface area contributed by atoms with E-state index in [2.05, 4.69) is 39.9 Å². The summed E-state index contributed by atoms with van der Waals surface area (Å²) in [5.41, 5.74) is 0.0912. The van der Waals surface area contributed by atoms with Crippen LogP contribution in [0.5, 0.6) is 0 Å². The van der Waals surface area contributed by atoms with Gasteiger partial charge in [0.05, 0.1) is 0 Å². The number of amides is 1. The lowest BCUT2D eigenvalue weighted by atomic mass is 10.1. The van der Waals surface area contributed by atoms with Crippen LogP contribution in [0.4, 0.5) is 0 Å². The summed E-state index contributed by atoms with van der Waals surface area (Å²) in [6.45, 7) is 11.3. The predicted octanol–water partition coefficient (Wildman–Crippen LogP) is 2.41. The molecule has 1 atom stereocenters. The molecular formula is C13H28N2O. The van der Waals surface area contributed by atoms with E-state index in [9.17, 15) is 4.79 Å². The smallest absolute Gasteiger partial charge is 0.223 e. The topological polar surface area (TPSA) is 32.3 Å². The Hall–Kier alpha value is -0.570. The van der Waals surface area contributed by atoms with Gasteiger partial charge in [0.15, 0.2) is 0 Å². The quantitative estimate of drug-likeness (QED) is 0.757. The SMILES string of the molecule is CCCC(C)N(C)C(=O)CCNC(C)(C)C. The number of carbonyl (C=O) groups is 1. The summed E-state index contributed by atoms with van der Waals surface area (Å²) in [6, 6.07) is 0.354. The highest BCUT2D eigenvalue weighted by atomic mass is 16.2. The molecular weight excluding hydrogens is 200 g/mol. The zero-order valence-electron chi connectivity index (χ0n) is 11.8. The number of hydrogen-bond donors (Lipinski definition) is 1. The maximum Gasteiger partial charge on any atom is 0.223 e. The second kappa shape index (κ2) is 6.89. The van der Waals surface area contributed by atoms with E-state index in [4.69, 9.17) is 0 Å². The van der Waals surface area contributed by atoms with Gasteiger partial charge in [-0.25, -0.2) is 0 Å². The van der Waals surface area contributed by atoms with Gasteiger partial charge in [-0.05, 0) is 34.1 Å². The molecule has 1 unspecified atom stereocenters. The minimum atomic E-state index is 0.0912. The minimum Gasteiger partial charge on any atom is -0.343 e. The fourth-order valence-corrected chi connectivity index (χ4v) is 1.58. The molecule has 0 aromatic heterocycles. The van der Waals surface area contributed by atoms with Crippen LogP contribution in [0, 0.1) is 0 Å². The summed E-state index contributed by atoms with van der Waals surface area (Å²) in [7, 11) is 1.90. The van der Waals surface area contributed by atoms with E-state index in [0.29, 0.717) is 12.5 Å². The minimum absolute atomic E-state index is 0.0912. The standard InChI is InChI=1S/C13H28N2O/c1-7-8-11(2)15(6)12(16)9-10-14-13(3,4)5/h11,14H,7-10H2,1-6H3. The highest BCUT2D eigenvalue weighted by Crippen LogP contribution is 2.06. The molecule has 0 aromatic rings. The summed E-state index contributed by atoms with van der Waals surface area (Å²) in [5.74, 6) is 0.234. The van der Waals surface area contributed by atoms with E-state index in [0.717, 1.165) is 19.4 Å². The molecule has 0 aliphatic rings. The monoisotopic (exact) mass is 228 g/mol. The summed E-state index contributed by atoms with van der Waals surface area (Å²) in [4.78, 5) is 13.7. The van der Waals surface area contributed by atoms with E-state index in [1.165, 1.54) is 0 Å². The third-order valence-corrected chi connectivity index (χ3v) is 2.76. The average molecular weight is 228 g/mol. The second-order valence-electron chi connectivity index (χ2n) is 5.57. The molecule has 3 heteroatoms. The Bertz CT molecular complexity index is 208. The van der Waals surface area contributed by atoms with Crippen LogP contribution in [0.2, 0.25) is 0 Å². The van der Waals surface area contributed by atoms with E-state index >= 15 is 0 Å². The molecule has 1 N–H and O–H groups in total. The Morgan fingerprint density at radius 1 is 1.38 bits per heavy atom. The fourth-order valence-electron chi connectivity index (χ4n) is 1.58. The van der Waals surface area contributed by atoms with Gasteiger partial charge >= 0.3 is 0 Å². The van der Waals surface area contributed by atoms with Crippen LogP contribution in [0.25, 0.3) is 0 Å². The van der Waals surface area contributed by atoms with E-state index in [1.807, 2.05) is 11.9 Å². The molecule has 0 heterocycles. The van der Waals surface area contributed by atoms with Crippen molar-refractivity contribution in [1.82, 2.24) is 10.2 Å². The lowest BCUT2D eigenvalue weighted by Gasteiger charge is -2.26. The molecule has 1 amide bonds. The van der Waals surface area contributed by atoms with Crippen molar-refractivity contribution in [3.05, 3.63) is 0 Å². The maximum atomic E-state index is 11.8. The van der Waals surface area contributed by atoms with Gasteiger partial charge < -0.3 is 10.2 Å². The number of nitrogens with zero attached hydrogens (tertiary/aromatic N) is 1. The molecule has 0 saturated carbocycles. The lowest BCUT2D eigenvalue weighted by molar-refractivity contribution is -0.131. The molecule has 16 heavy (non-hydrogen) atoms. The number of rotatable bonds is 6. The van der Waals surface area contributed by atoms with Crippen LogP contribution >= 0.6 is 0 Å². The first-order valence-corrected chi connectivity index (χ1v) is 6.28. The highest BCUT2D eigenvalue weighted by Gasteiger charge is 2.15. The van der Waals surface area contributed by atoms with Gasteiger partial charge in [-0.1, -0.05) is 13.3 Å². The van der Waals surface area contributed by atoms with Gasteiger partial charge in [0.1, 0.15) is 0 Å². The first-order chi connectivity index (χ1) is 7.28. The van der Waals surface area contributed by atoms with E-state index in [-0.39, 0.29) is 11.4 Å². The molecule has 96 valence electrons. The van der Waals surface area contributed by atoms with E-state index in [1.54, 1.807) is 0 Å². The van der Waals surface area contributed by atoms with Gasteiger partial charge in [-0.3, -0.25) is 4.79 Å². The molecule has 0 aliphatic carbocycles. The van der Waals surface area contributed by atoms with Gasteiger partial charge in [0.2, 0.25) is 5.91 Å². The average Bonchev–Trinajstić information content (AvgIpc) is 2.14. The lowest BCUT2D eigenvalue weighted by Crippen LogP contribution is -2.40. The van der Waals surface area contributed by atoms with Crippen molar-refractivity contribution in [2.45, 2.75) is 65.5 Å². The van der Waals surface area contributed by atoms with Crippen LogP contribution in [-0.4, -0.2) is 36.0 Å². The summed E-state index contributed by atoms with van der Waals surface area (Å²) in [6.07, 6.45) is 2.79. The number of nitrogens with one attached hydrogen (secondary N) is 1. The van der Waals surface area contributed by atoms with Crippen LogP contribution in [-0.2, 0) is 4.79 Å². The van der Waals surface area contributed by atoms with E-state index < -0.39 is 0 Å². The van der Waals surface area contributed by atoms with Crippen molar-refractivity contribution in [1.29, 1.82) is 0 Å². The van der Waals surface area contributed by atoms with Crippen molar-refractivity contribution < 1.29 is 4.79 Å². The highest BCUT2D eigenvalue weighted by molar-refractivity contribution is 5.76. The summed E-state index contributed by atoms with van der Waals surface area (Å²) >= 11 is 0. The zero-order chi connectivity index (χ0) is 12.8. The van der Waals surface area contributed by atoms with Crippen molar-refractivity contribution in [2.75, 3.05) is 13.6 Å². The van der Waals surface area contributed by atoms with Crippen LogP contribution in [0.3, 0.4) is 0 Å². The van der Waals surface area contributed by atoms with Crippen LogP contribution < -0.4 is 5.32 Å². The Morgan fingerprint density at radius 3 is 2.38 bits per heavy atom. The summed E-state index contributed by atoms with van der Waals surface area (Å²) in [5, 5.41) is 3.33. The van der Waals surface area contributed by atoms with Crippen molar-refractivity contribution in [3.63, 3.8) is 0 Å². The molecule has 0 fully saturated rings. The molecule has 0 spiro atoms. The molecule has 0 radical (unpaired) electrons. The van der Waals surface area contributed by atoms with Crippen molar-refractivity contribution in [3.8, 4) is 0 Å². The van der Waals surface area contributed by atoms with Crippen LogP contribution in [0.15, 0.2) is 0 Å². The molecule has 0 aliphatic heterocycles.